The van der Waals surface area contributed by atoms with Gasteiger partial charge in [-0.2, -0.15) is 0 Å². The molecule has 0 fully saturated rings. The third-order valence-corrected chi connectivity index (χ3v) is 3.21. The Balaban J connectivity index is 2.29. The molecule has 0 unspecified atom stereocenters. The monoisotopic (exact) mass is 304 g/mol. The number of aromatic nitrogens is 2. The number of nitrogens with zero attached hydrogens (tertiary/aromatic N) is 3. The van der Waals surface area contributed by atoms with Gasteiger partial charge in [0.1, 0.15) is 11.3 Å². The van der Waals surface area contributed by atoms with Gasteiger partial charge in [-0.25, -0.2) is 9.97 Å². The number of hydrogen-bond donors (Lipinski definition) is 1. The van der Waals surface area contributed by atoms with Crippen molar-refractivity contribution in [2.75, 3.05) is 5.73 Å². The number of fused-ring (bicyclic) bond motifs is 1. The first-order valence-electron chi connectivity index (χ1n) is 5.93. The molecule has 0 aliphatic rings. The van der Waals surface area contributed by atoms with Gasteiger partial charge < -0.3 is 10.2 Å². The van der Waals surface area contributed by atoms with Crippen LogP contribution in [0.3, 0.4) is 0 Å². The standard InChI is InChI=1S/C13H9ClN4O3/c1-6-12(18(19)20)11(17-13(15)16-6)10-5-7-4-8(14)2-3-9(7)21-10/h2-5H,1H3,(H2,15,16,17). The quantitative estimate of drug-likeness (QED) is 0.574. The van der Waals surface area contributed by atoms with Crippen LogP contribution in [0, 0.1) is 17.0 Å². The fourth-order valence-electron chi connectivity index (χ4n) is 2.11. The highest BCUT2D eigenvalue weighted by molar-refractivity contribution is 6.31. The van der Waals surface area contributed by atoms with Gasteiger partial charge in [0, 0.05) is 10.4 Å². The van der Waals surface area contributed by atoms with E-state index in [0.29, 0.717) is 10.6 Å². The lowest BCUT2D eigenvalue weighted by Crippen LogP contribution is -2.04. The van der Waals surface area contributed by atoms with Crippen LogP contribution in [0.2, 0.25) is 5.02 Å². The fraction of sp³-hybridized carbons (Fsp3) is 0.0769. The van der Waals surface area contributed by atoms with Crippen LogP contribution in [0.4, 0.5) is 11.6 Å². The summed E-state index contributed by atoms with van der Waals surface area (Å²) >= 11 is 5.91. The predicted molar refractivity (Wildman–Crippen MR) is 78.1 cm³/mol. The number of rotatable bonds is 2. The Morgan fingerprint density at radius 2 is 2.10 bits per heavy atom. The Hall–Kier alpha value is -2.67. The fourth-order valence-corrected chi connectivity index (χ4v) is 2.29. The number of nitrogens with two attached hydrogens (primary N) is 1. The van der Waals surface area contributed by atoms with Crippen molar-refractivity contribution in [2.45, 2.75) is 6.92 Å². The predicted octanol–water partition coefficient (Wildman–Crippen LogP) is 3.34. The first kappa shape index (κ1) is 13.3. The largest absolute Gasteiger partial charge is 0.454 e. The highest BCUT2D eigenvalue weighted by Crippen LogP contribution is 2.35. The van der Waals surface area contributed by atoms with Crippen LogP contribution in [0.5, 0.6) is 0 Å². The highest BCUT2D eigenvalue weighted by Gasteiger charge is 2.25. The molecule has 0 aliphatic heterocycles. The number of hydrogen-bond acceptors (Lipinski definition) is 6. The van der Waals surface area contributed by atoms with Crippen LogP contribution in [0.25, 0.3) is 22.4 Å². The second-order valence-corrected chi connectivity index (χ2v) is 4.85. The number of benzene rings is 1. The smallest absolute Gasteiger partial charge is 0.319 e. The van der Waals surface area contributed by atoms with Crippen molar-refractivity contribution in [3.63, 3.8) is 0 Å². The molecule has 0 saturated carbocycles. The summed E-state index contributed by atoms with van der Waals surface area (Å²) in [6, 6.07) is 6.69. The zero-order valence-corrected chi connectivity index (χ0v) is 11.6. The van der Waals surface area contributed by atoms with Crippen molar-refractivity contribution >= 4 is 34.2 Å². The average molecular weight is 305 g/mol. The molecule has 2 aromatic heterocycles. The Morgan fingerprint density at radius 1 is 1.33 bits per heavy atom. The number of nitro groups is 1. The molecule has 1 aromatic carbocycles. The van der Waals surface area contributed by atoms with E-state index in [1.165, 1.54) is 6.92 Å². The van der Waals surface area contributed by atoms with Gasteiger partial charge in [0.25, 0.3) is 0 Å². The number of anilines is 1. The molecule has 0 amide bonds. The number of aryl methyl sites for hydroxylation is 1. The van der Waals surface area contributed by atoms with E-state index in [1.807, 2.05) is 0 Å². The molecular formula is C13H9ClN4O3. The molecule has 3 aromatic rings. The lowest BCUT2D eigenvalue weighted by atomic mass is 10.2. The van der Waals surface area contributed by atoms with Gasteiger partial charge in [-0.1, -0.05) is 11.6 Å². The van der Waals surface area contributed by atoms with Crippen molar-refractivity contribution < 1.29 is 9.34 Å². The molecule has 2 N–H and O–H groups in total. The molecule has 21 heavy (non-hydrogen) atoms. The third-order valence-electron chi connectivity index (χ3n) is 2.97. The van der Waals surface area contributed by atoms with E-state index in [-0.39, 0.29) is 28.8 Å². The van der Waals surface area contributed by atoms with Crippen molar-refractivity contribution in [3.8, 4) is 11.5 Å². The summed E-state index contributed by atoms with van der Waals surface area (Å²) in [5.41, 5.74) is 6.14. The minimum absolute atomic E-state index is 0.0495. The SMILES string of the molecule is Cc1nc(N)nc(-c2cc3cc(Cl)ccc3o2)c1[N+](=O)[O-]. The van der Waals surface area contributed by atoms with Crippen molar-refractivity contribution in [1.29, 1.82) is 0 Å². The molecule has 3 rings (SSSR count). The number of furan rings is 1. The molecular weight excluding hydrogens is 296 g/mol. The molecule has 0 bridgehead atoms. The highest BCUT2D eigenvalue weighted by atomic mass is 35.5. The second-order valence-electron chi connectivity index (χ2n) is 4.41. The van der Waals surface area contributed by atoms with Crippen LogP contribution in [0.15, 0.2) is 28.7 Å². The molecule has 0 spiro atoms. The first-order chi connectivity index (χ1) is 9.95. The summed E-state index contributed by atoms with van der Waals surface area (Å²) < 4.78 is 5.60. The molecule has 106 valence electrons. The van der Waals surface area contributed by atoms with Crippen LogP contribution < -0.4 is 5.73 Å². The topological polar surface area (TPSA) is 108 Å². The van der Waals surface area contributed by atoms with Gasteiger partial charge in [0.15, 0.2) is 11.5 Å². The Labute approximate surface area is 123 Å². The van der Waals surface area contributed by atoms with E-state index in [1.54, 1.807) is 24.3 Å². The summed E-state index contributed by atoms with van der Waals surface area (Å²) in [7, 11) is 0. The number of halogens is 1. The van der Waals surface area contributed by atoms with E-state index in [2.05, 4.69) is 9.97 Å². The summed E-state index contributed by atoms with van der Waals surface area (Å²) in [4.78, 5) is 18.4. The first-order valence-corrected chi connectivity index (χ1v) is 6.31. The van der Waals surface area contributed by atoms with E-state index in [9.17, 15) is 10.1 Å². The van der Waals surface area contributed by atoms with Crippen LogP contribution in [0.1, 0.15) is 5.69 Å². The Bertz CT molecular complexity index is 875. The minimum Gasteiger partial charge on any atom is -0.454 e. The molecule has 7 nitrogen and oxygen atoms in total. The van der Waals surface area contributed by atoms with Crippen molar-refractivity contribution in [2.24, 2.45) is 0 Å². The third kappa shape index (κ3) is 2.27. The second kappa shape index (κ2) is 4.71. The molecule has 0 atom stereocenters. The molecule has 0 radical (unpaired) electrons. The van der Waals surface area contributed by atoms with Gasteiger partial charge in [0.05, 0.1) is 4.92 Å². The summed E-state index contributed by atoms with van der Waals surface area (Å²) in [5, 5.41) is 12.5. The van der Waals surface area contributed by atoms with E-state index in [0.717, 1.165) is 5.39 Å². The van der Waals surface area contributed by atoms with Crippen LogP contribution >= 0.6 is 11.6 Å². The summed E-state index contributed by atoms with van der Waals surface area (Å²) in [6.07, 6.45) is 0. The van der Waals surface area contributed by atoms with Gasteiger partial charge in [-0.15, -0.1) is 0 Å². The molecule has 0 aliphatic carbocycles. The van der Waals surface area contributed by atoms with Gasteiger partial charge in [-0.05, 0) is 31.2 Å². The Kier molecular flexibility index (Phi) is 2.99. The lowest BCUT2D eigenvalue weighted by molar-refractivity contribution is -0.385. The average Bonchev–Trinajstić information content (AvgIpc) is 2.79. The van der Waals surface area contributed by atoms with Gasteiger partial charge in [0.2, 0.25) is 5.95 Å². The maximum Gasteiger partial charge on any atom is 0.319 e. The Morgan fingerprint density at radius 3 is 2.81 bits per heavy atom. The molecule has 2 heterocycles. The number of nitrogen functional groups attached to an aromatic ring is 1. The lowest BCUT2D eigenvalue weighted by Gasteiger charge is -2.02. The van der Waals surface area contributed by atoms with Crippen molar-refractivity contribution in [3.05, 3.63) is 45.1 Å². The minimum atomic E-state index is -0.551. The zero-order valence-electron chi connectivity index (χ0n) is 10.8. The summed E-state index contributed by atoms with van der Waals surface area (Å²) in [5.74, 6) is 0.197. The maximum atomic E-state index is 11.2. The molecule has 0 saturated heterocycles. The van der Waals surface area contributed by atoms with Crippen LogP contribution in [-0.2, 0) is 0 Å². The van der Waals surface area contributed by atoms with Crippen LogP contribution in [-0.4, -0.2) is 14.9 Å². The van der Waals surface area contributed by atoms with E-state index in [4.69, 9.17) is 21.8 Å². The van der Waals surface area contributed by atoms with Gasteiger partial charge >= 0.3 is 5.69 Å². The van der Waals surface area contributed by atoms with E-state index < -0.39 is 4.92 Å². The normalized spacial score (nSPS) is 11.0. The van der Waals surface area contributed by atoms with Gasteiger partial charge in [-0.3, -0.25) is 10.1 Å². The summed E-state index contributed by atoms with van der Waals surface area (Å²) in [6.45, 7) is 1.50. The maximum absolute atomic E-state index is 11.2. The van der Waals surface area contributed by atoms with Crippen molar-refractivity contribution in [1.82, 2.24) is 9.97 Å². The molecule has 8 heteroatoms. The van der Waals surface area contributed by atoms with E-state index >= 15 is 0 Å². The zero-order chi connectivity index (χ0) is 15.1.